The van der Waals surface area contributed by atoms with Crippen molar-refractivity contribution in [3.63, 3.8) is 0 Å². The van der Waals surface area contributed by atoms with Gasteiger partial charge in [0.15, 0.2) is 5.75 Å². The third-order valence-corrected chi connectivity index (χ3v) is 7.08. The molecule has 38 heavy (non-hydrogen) atoms. The Morgan fingerprint density at radius 1 is 0.974 bits per heavy atom. The lowest BCUT2D eigenvalue weighted by Gasteiger charge is -2.26. The number of hydrogen-bond donors (Lipinski definition) is 1. The van der Waals surface area contributed by atoms with Crippen LogP contribution in [0.15, 0.2) is 71.1 Å². The molecule has 1 aliphatic rings. The molecule has 0 bridgehead atoms. The largest absolute Gasteiger partial charge is 0.494 e. The summed E-state index contributed by atoms with van der Waals surface area (Å²) in [6.45, 7) is 4.03. The number of ether oxygens (including phenoxy) is 1. The summed E-state index contributed by atoms with van der Waals surface area (Å²) in [5.41, 5.74) is 0.469. The van der Waals surface area contributed by atoms with Crippen LogP contribution in [0.3, 0.4) is 0 Å². The fraction of sp³-hybridized carbons (Fsp3) is 0.115. The number of benzene rings is 3. The van der Waals surface area contributed by atoms with Gasteiger partial charge < -0.3 is 8.92 Å². The third-order valence-electron chi connectivity index (χ3n) is 5.35. The van der Waals surface area contributed by atoms with Crippen LogP contribution >= 0.6 is 23.2 Å². The van der Waals surface area contributed by atoms with E-state index in [4.69, 9.17) is 32.1 Å². The van der Waals surface area contributed by atoms with Crippen molar-refractivity contribution in [2.24, 2.45) is 0 Å². The summed E-state index contributed by atoms with van der Waals surface area (Å²) in [6, 6.07) is 13.6. The Labute approximate surface area is 228 Å². The predicted molar refractivity (Wildman–Crippen MR) is 142 cm³/mol. The van der Waals surface area contributed by atoms with Crippen molar-refractivity contribution in [3.05, 3.63) is 87.4 Å². The summed E-state index contributed by atoms with van der Waals surface area (Å²) in [4.78, 5) is 39.1. The molecule has 1 saturated heterocycles. The zero-order valence-corrected chi connectivity index (χ0v) is 22.4. The Hall–Kier alpha value is -3.86. The van der Waals surface area contributed by atoms with Gasteiger partial charge in [-0.15, -0.1) is 0 Å². The van der Waals surface area contributed by atoms with Crippen LogP contribution in [0, 0.1) is 6.92 Å². The van der Waals surface area contributed by atoms with Crippen molar-refractivity contribution < 1.29 is 31.7 Å². The van der Waals surface area contributed by atoms with E-state index in [1.54, 1.807) is 31.2 Å². The van der Waals surface area contributed by atoms with E-state index in [0.29, 0.717) is 12.4 Å². The second kappa shape index (κ2) is 10.9. The maximum Gasteiger partial charge on any atom is 0.339 e. The van der Waals surface area contributed by atoms with Gasteiger partial charge in [-0.1, -0.05) is 40.9 Å². The zero-order valence-electron chi connectivity index (χ0n) is 20.0. The highest BCUT2D eigenvalue weighted by Crippen LogP contribution is 2.36. The second-order valence-corrected chi connectivity index (χ2v) is 10.4. The van der Waals surface area contributed by atoms with E-state index in [1.165, 1.54) is 36.4 Å². The number of barbiturate groups is 1. The molecular weight excluding hydrogens is 555 g/mol. The number of nitrogens with one attached hydrogen (secondary N) is 1. The summed E-state index contributed by atoms with van der Waals surface area (Å²) in [6.07, 6.45) is 1.06. The Balaban J connectivity index is 1.75. The number of urea groups is 1. The minimum Gasteiger partial charge on any atom is -0.494 e. The number of hydrogen-bond acceptors (Lipinski definition) is 7. The lowest BCUT2D eigenvalue weighted by atomic mass is 10.1. The Bertz CT molecular complexity index is 1570. The van der Waals surface area contributed by atoms with Crippen molar-refractivity contribution in [2.45, 2.75) is 18.7 Å². The third kappa shape index (κ3) is 5.67. The van der Waals surface area contributed by atoms with Gasteiger partial charge in [0.2, 0.25) is 0 Å². The van der Waals surface area contributed by atoms with E-state index < -0.39 is 33.5 Å². The molecule has 1 heterocycles. The molecular formula is C26H20Cl2N2O7S. The van der Waals surface area contributed by atoms with Crippen molar-refractivity contribution in [1.82, 2.24) is 5.32 Å². The molecule has 0 aliphatic carbocycles. The molecule has 0 aromatic heterocycles. The molecule has 4 amide bonds. The number of nitrogens with zero attached hydrogens (tertiary/aromatic N) is 1. The molecule has 0 atom stereocenters. The highest BCUT2D eigenvalue weighted by atomic mass is 35.5. The normalized spacial score (nSPS) is 15.0. The fourth-order valence-electron chi connectivity index (χ4n) is 3.54. The molecule has 4 rings (SSSR count). The molecule has 3 aromatic rings. The van der Waals surface area contributed by atoms with Crippen LogP contribution in [0.4, 0.5) is 10.5 Å². The number of aryl methyl sites for hydroxylation is 1. The molecule has 0 radical (unpaired) electrons. The van der Waals surface area contributed by atoms with E-state index in [2.05, 4.69) is 5.32 Å². The average Bonchev–Trinajstić information content (AvgIpc) is 2.85. The number of amides is 4. The number of carbonyl (C=O) groups excluding carboxylic acids is 3. The van der Waals surface area contributed by atoms with E-state index in [1.807, 2.05) is 6.92 Å². The number of anilines is 1. The smallest absolute Gasteiger partial charge is 0.339 e. The van der Waals surface area contributed by atoms with Crippen LogP contribution in [0.1, 0.15) is 18.1 Å². The van der Waals surface area contributed by atoms with Gasteiger partial charge in [-0.3, -0.25) is 14.9 Å². The monoisotopic (exact) mass is 574 g/mol. The van der Waals surface area contributed by atoms with Crippen molar-refractivity contribution in [2.75, 3.05) is 11.5 Å². The second-order valence-electron chi connectivity index (χ2n) is 8.04. The van der Waals surface area contributed by atoms with Crippen molar-refractivity contribution in [1.29, 1.82) is 0 Å². The quantitative estimate of drug-likeness (QED) is 0.236. The molecule has 196 valence electrons. The van der Waals surface area contributed by atoms with E-state index in [9.17, 15) is 22.8 Å². The SMILES string of the molecule is CCOc1ccc(N2C(=O)NC(=O)/C(=C\c3cc(Cl)cc(Cl)c3OS(=O)(=O)c3ccc(C)cc3)C2=O)cc1. The Morgan fingerprint density at radius 2 is 1.63 bits per heavy atom. The summed E-state index contributed by atoms with van der Waals surface area (Å²) >= 11 is 12.4. The van der Waals surface area contributed by atoms with E-state index in [-0.39, 0.29) is 31.9 Å². The van der Waals surface area contributed by atoms with Crippen molar-refractivity contribution >= 4 is 62.9 Å². The molecule has 1 N–H and O–H groups in total. The fourth-order valence-corrected chi connectivity index (χ4v) is 5.11. The van der Waals surface area contributed by atoms with Crippen LogP contribution in [-0.4, -0.2) is 32.9 Å². The lowest BCUT2D eigenvalue weighted by Crippen LogP contribution is -2.54. The lowest BCUT2D eigenvalue weighted by molar-refractivity contribution is -0.122. The van der Waals surface area contributed by atoms with Gasteiger partial charge in [-0.2, -0.15) is 8.42 Å². The first-order chi connectivity index (χ1) is 18.0. The molecule has 3 aromatic carbocycles. The van der Waals surface area contributed by atoms with Gasteiger partial charge in [0.1, 0.15) is 16.2 Å². The van der Waals surface area contributed by atoms with Crippen LogP contribution in [0.5, 0.6) is 11.5 Å². The van der Waals surface area contributed by atoms with Gasteiger partial charge in [-0.25, -0.2) is 9.69 Å². The molecule has 0 spiro atoms. The molecule has 1 fully saturated rings. The number of carbonyl (C=O) groups is 3. The average molecular weight is 575 g/mol. The first-order valence-corrected chi connectivity index (χ1v) is 13.3. The Kier molecular flexibility index (Phi) is 7.77. The van der Waals surface area contributed by atoms with Gasteiger partial charge >= 0.3 is 16.1 Å². The summed E-state index contributed by atoms with van der Waals surface area (Å²) in [7, 11) is -4.35. The summed E-state index contributed by atoms with van der Waals surface area (Å²) < 4.78 is 36.6. The molecule has 0 unspecified atom stereocenters. The van der Waals surface area contributed by atoms with Crippen LogP contribution < -0.4 is 19.1 Å². The predicted octanol–water partition coefficient (Wildman–Crippen LogP) is 5.13. The standard InChI is InChI=1S/C26H20Cl2N2O7S/c1-3-36-19-8-6-18(7-9-19)30-25(32)21(24(31)29-26(30)33)13-16-12-17(27)14-22(28)23(16)37-38(34,35)20-10-4-15(2)5-11-20/h4-14H,3H2,1-2H3,(H,29,31,33)/b21-13+. The van der Waals surface area contributed by atoms with Crippen LogP contribution in [0.25, 0.3) is 6.08 Å². The maximum absolute atomic E-state index is 13.3. The highest BCUT2D eigenvalue weighted by Gasteiger charge is 2.37. The molecule has 1 aliphatic heterocycles. The summed E-state index contributed by atoms with van der Waals surface area (Å²) in [5.74, 6) is -1.77. The van der Waals surface area contributed by atoms with Crippen molar-refractivity contribution in [3.8, 4) is 11.5 Å². The molecule has 0 saturated carbocycles. The van der Waals surface area contributed by atoms with Gasteiger partial charge in [0.25, 0.3) is 11.8 Å². The van der Waals surface area contributed by atoms with Gasteiger partial charge in [0, 0.05) is 10.6 Å². The molecule has 12 heteroatoms. The maximum atomic E-state index is 13.3. The van der Waals surface area contributed by atoms with Crippen LogP contribution in [-0.2, 0) is 19.7 Å². The first kappa shape index (κ1) is 27.2. The van der Waals surface area contributed by atoms with Gasteiger partial charge in [-0.05, 0) is 68.5 Å². The first-order valence-electron chi connectivity index (χ1n) is 11.1. The number of imide groups is 2. The minimum absolute atomic E-state index is 0.0716. The zero-order chi connectivity index (χ0) is 27.6. The minimum atomic E-state index is -4.35. The van der Waals surface area contributed by atoms with Crippen LogP contribution in [0.2, 0.25) is 10.0 Å². The number of rotatable bonds is 7. The van der Waals surface area contributed by atoms with Gasteiger partial charge in [0.05, 0.1) is 17.3 Å². The number of halogens is 2. The van der Waals surface area contributed by atoms with E-state index in [0.717, 1.165) is 16.5 Å². The summed E-state index contributed by atoms with van der Waals surface area (Å²) in [5, 5.41) is 2.01. The Morgan fingerprint density at radius 3 is 2.26 bits per heavy atom. The highest BCUT2D eigenvalue weighted by molar-refractivity contribution is 7.87. The molecule has 9 nitrogen and oxygen atoms in total. The van der Waals surface area contributed by atoms with E-state index >= 15 is 0 Å². The topological polar surface area (TPSA) is 119 Å².